The first-order chi connectivity index (χ1) is 6.85. The molecule has 1 N–H and O–H groups in total. The predicted molar refractivity (Wildman–Crippen MR) is 62.5 cm³/mol. The lowest BCUT2D eigenvalue weighted by Crippen LogP contribution is -2.39. The van der Waals surface area contributed by atoms with Gasteiger partial charge in [-0.3, -0.25) is 4.79 Å². The van der Waals surface area contributed by atoms with E-state index in [1.54, 1.807) is 6.92 Å². The van der Waals surface area contributed by atoms with Crippen molar-refractivity contribution in [3.8, 4) is 0 Å². The SMILES string of the molecule is CCCCO/C(C)=C/C(=O)NC(C)(C)C. The standard InChI is InChI=1S/C12H23NO2/c1-6-7-8-15-10(2)9-11(14)13-12(3,4)5/h9H,6-8H2,1-5H3,(H,13,14)/b10-9+. The van der Waals surface area contributed by atoms with Crippen LogP contribution >= 0.6 is 0 Å². The van der Waals surface area contributed by atoms with Gasteiger partial charge in [0.05, 0.1) is 12.4 Å². The van der Waals surface area contributed by atoms with Crippen molar-refractivity contribution in [1.29, 1.82) is 0 Å². The number of ether oxygens (including phenoxy) is 1. The van der Waals surface area contributed by atoms with Crippen LogP contribution in [0.15, 0.2) is 11.8 Å². The average molecular weight is 213 g/mol. The average Bonchev–Trinajstić information content (AvgIpc) is 2.00. The molecule has 0 bridgehead atoms. The number of carbonyl (C=O) groups excluding carboxylic acids is 1. The molecule has 0 aromatic rings. The Morgan fingerprint density at radius 3 is 2.47 bits per heavy atom. The van der Waals surface area contributed by atoms with Gasteiger partial charge >= 0.3 is 0 Å². The fourth-order valence-corrected chi connectivity index (χ4v) is 1.01. The highest BCUT2D eigenvalue weighted by molar-refractivity contribution is 5.88. The summed E-state index contributed by atoms with van der Waals surface area (Å²) in [5, 5.41) is 2.85. The van der Waals surface area contributed by atoms with E-state index in [1.807, 2.05) is 20.8 Å². The van der Waals surface area contributed by atoms with Crippen LogP contribution in [0.3, 0.4) is 0 Å². The van der Waals surface area contributed by atoms with Gasteiger partial charge in [-0.05, 0) is 34.1 Å². The highest BCUT2D eigenvalue weighted by atomic mass is 16.5. The van der Waals surface area contributed by atoms with Crippen LogP contribution in [0.2, 0.25) is 0 Å². The molecule has 0 unspecified atom stereocenters. The maximum Gasteiger partial charge on any atom is 0.247 e. The highest BCUT2D eigenvalue weighted by Gasteiger charge is 2.11. The first-order valence-electron chi connectivity index (χ1n) is 5.48. The number of amides is 1. The second-order valence-electron chi connectivity index (χ2n) is 4.70. The molecule has 0 fully saturated rings. The predicted octanol–water partition coefficient (Wildman–Crippen LogP) is 2.62. The molecule has 0 aliphatic heterocycles. The summed E-state index contributed by atoms with van der Waals surface area (Å²) in [6.07, 6.45) is 3.62. The van der Waals surface area contributed by atoms with Crippen molar-refractivity contribution >= 4 is 5.91 Å². The molecule has 3 nitrogen and oxygen atoms in total. The molecule has 88 valence electrons. The Hall–Kier alpha value is -0.990. The minimum absolute atomic E-state index is 0.100. The van der Waals surface area contributed by atoms with E-state index < -0.39 is 0 Å². The van der Waals surface area contributed by atoms with Crippen LogP contribution in [0.5, 0.6) is 0 Å². The lowest BCUT2D eigenvalue weighted by Gasteiger charge is -2.19. The van der Waals surface area contributed by atoms with Gasteiger partial charge in [0.2, 0.25) is 5.91 Å². The molecule has 0 aromatic carbocycles. The van der Waals surface area contributed by atoms with E-state index >= 15 is 0 Å². The Balaban J connectivity index is 3.96. The van der Waals surface area contributed by atoms with Crippen molar-refractivity contribution in [3.63, 3.8) is 0 Å². The first kappa shape index (κ1) is 14.0. The van der Waals surface area contributed by atoms with E-state index in [4.69, 9.17) is 4.74 Å². The van der Waals surface area contributed by atoms with Crippen LogP contribution in [0.1, 0.15) is 47.5 Å². The summed E-state index contributed by atoms with van der Waals surface area (Å²) in [7, 11) is 0. The quantitative estimate of drug-likeness (QED) is 0.433. The second-order valence-corrected chi connectivity index (χ2v) is 4.70. The van der Waals surface area contributed by atoms with Gasteiger partial charge in [0.1, 0.15) is 0 Å². The van der Waals surface area contributed by atoms with Gasteiger partial charge in [0.25, 0.3) is 0 Å². The monoisotopic (exact) mass is 213 g/mol. The number of hydrogen-bond donors (Lipinski definition) is 1. The van der Waals surface area contributed by atoms with Crippen LogP contribution in [0.25, 0.3) is 0 Å². The van der Waals surface area contributed by atoms with Crippen LogP contribution in [-0.2, 0) is 9.53 Å². The summed E-state index contributed by atoms with van der Waals surface area (Å²) >= 11 is 0. The fourth-order valence-electron chi connectivity index (χ4n) is 1.01. The third-order valence-corrected chi connectivity index (χ3v) is 1.66. The molecule has 0 aliphatic carbocycles. The van der Waals surface area contributed by atoms with Crippen LogP contribution in [0, 0.1) is 0 Å². The van der Waals surface area contributed by atoms with E-state index in [2.05, 4.69) is 12.2 Å². The molecular formula is C12H23NO2. The minimum atomic E-state index is -0.197. The summed E-state index contributed by atoms with van der Waals surface area (Å²) in [4.78, 5) is 11.4. The lowest BCUT2D eigenvalue weighted by molar-refractivity contribution is -0.118. The van der Waals surface area contributed by atoms with Gasteiger partial charge in [-0.15, -0.1) is 0 Å². The van der Waals surface area contributed by atoms with E-state index in [9.17, 15) is 4.79 Å². The first-order valence-corrected chi connectivity index (χ1v) is 5.48. The minimum Gasteiger partial charge on any atom is -0.498 e. The molecule has 15 heavy (non-hydrogen) atoms. The Bertz CT molecular complexity index is 226. The summed E-state index contributed by atoms with van der Waals surface area (Å²) in [6.45, 7) is 10.4. The molecule has 0 saturated carbocycles. The van der Waals surface area contributed by atoms with E-state index in [1.165, 1.54) is 6.08 Å². The maximum atomic E-state index is 11.4. The van der Waals surface area contributed by atoms with Crippen molar-refractivity contribution in [3.05, 3.63) is 11.8 Å². The number of allylic oxidation sites excluding steroid dienone is 1. The van der Waals surface area contributed by atoms with Crippen molar-refractivity contribution < 1.29 is 9.53 Å². The Morgan fingerprint density at radius 2 is 2.00 bits per heavy atom. The van der Waals surface area contributed by atoms with Gasteiger partial charge < -0.3 is 10.1 Å². The second kappa shape index (κ2) is 6.49. The third-order valence-electron chi connectivity index (χ3n) is 1.66. The number of nitrogens with one attached hydrogen (secondary N) is 1. The highest BCUT2D eigenvalue weighted by Crippen LogP contribution is 2.01. The molecular weight excluding hydrogens is 190 g/mol. The lowest BCUT2D eigenvalue weighted by atomic mass is 10.1. The summed E-state index contributed by atoms with van der Waals surface area (Å²) in [5.41, 5.74) is -0.197. The summed E-state index contributed by atoms with van der Waals surface area (Å²) in [6, 6.07) is 0. The zero-order valence-electron chi connectivity index (χ0n) is 10.5. The molecule has 1 amide bonds. The molecule has 0 heterocycles. The smallest absolute Gasteiger partial charge is 0.247 e. The number of carbonyl (C=O) groups is 1. The third kappa shape index (κ3) is 9.32. The van der Waals surface area contributed by atoms with Gasteiger partial charge in [0, 0.05) is 11.6 Å². The topological polar surface area (TPSA) is 38.3 Å². The fraction of sp³-hybridized carbons (Fsp3) is 0.750. The normalized spacial score (nSPS) is 12.5. The van der Waals surface area contributed by atoms with Crippen LogP contribution in [-0.4, -0.2) is 18.1 Å². The maximum absolute atomic E-state index is 11.4. The molecule has 0 saturated heterocycles. The Kier molecular flexibility index (Phi) is 6.06. The molecule has 0 radical (unpaired) electrons. The van der Waals surface area contributed by atoms with Crippen molar-refractivity contribution in [2.75, 3.05) is 6.61 Å². The number of unbranched alkanes of at least 4 members (excludes halogenated alkanes) is 1. The molecule has 0 atom stereocenters. The number of rotatable bonds is 5. The van der Waals surface area contributed by atoms with Crippen LogP contribution in [0.4, 0.5) is 0 Å². The summed E-state index contributed by atoms with van der Waals surface area (Å²) in [5.74, 6) is 0.571. The molecule has 0 aliphatic rings. The molecule has 0 spiro atoms. The Morgan fingerprint density at radius 1 is 1.40 bits per heavy atom. The van der Waals surface area contributed by atoms with E-state index in [-0.39, 0.29) is 11.4 Å². The zero-order valence-corrected chi connectivity index (χ0v) is 10.5. The van der Waals surface area contributed by atoms with Gasteiger partial charge in [-0.2, -0.15) is 0 Å². The molecule has 0 rings (SSSR count). The zero-order chi connectivity index (χ0) is 11.9. The van der Waals surface area contributed by atoms with Gasteiger partial charge in [-0.1, -0.05) is 13.3 Å². The van der Waals surface area contributed by atoms with Crippen molar-refractivity contribution in [2.45, 2.75) is 53.0 Å². The molecule has 3 heteroatoms. The number of hydrogen-bond acceptors (Lipinski definition) is 2. The molecule has 0 aromatic heterocycles. The van der Waals surface area contributed by atoms with Crippen molar-refractivity contribution in [1.82, 2.24) is 5.32 Å². The summed E-state index contributed by atoms with van der Waals surface area (Å²) < 4.78 is 5.37. The van der Waals surface area contributed by atoms with Crippen LogP contribution < -0.4 is 5.32 Å². The van der Waals surface area contributed by atoms with Gasteiger partial charge in [0.15, 0.2) is 0 Å². The van der Waals surface area contributed by atoms with E-state index in [0.717, 1.165) is 12.8 Å². The largest absolute Gasteiger partial charge is 0.498 e. The Labute approximate surface area is 92.9 Å². The van der Waals surface area contributed by atoms with Gasteiger partial charge in [-0.25, -0.2) is 0 Å². The van der Waals surface area contributed by atoms with E-state index in [0.29, 0.717) is 12.4 Å². The van der Waals surface area contributed by atoms with Crippen molar-refractivity contribution in [2.24, 2.45) is 0 Å².